The Hall–Kier alpha value is -2.64. The highest BCUT2D eigenvalue weighted by Gasteiger charge is 2.29. The van der Waals surface area contributed by atoms with Gasteiger partial charge >= 0.3 is 6.18 Å². The second-order valence-electron chi connectivity index (χ2n) is 7.71. The molecule has 1 fully saturated rings. The molecule has 0 spiro atoms. The highest BCUT2D eigenvalue weighted by molar-refractivity contribution is 5.64. The first-order valence-corrected chi connectivity index (χ1v) is 10.2. The van der Waals surface area contributed by atoms with Crippen LogP contribution in [0.15, 0.2) is 54.7 Å². The number of rotatable bonds is 6. The quantitative estimate of drug-likeness (QED) is 0.638. The lowest BCUT2D eigenvalue weighted by atomic mass is 10.0. The maximum Gasteiger partial charge on any atom is 0.416 e. The van der Waals surface area contributed by atoms with E-state index in [9.17, 15) is 13.2 Å². The van der Waals surface area contributed by atoms with Gasteiger partial charge in [-0.3, -0.25) is 4.90 Å². The molecule has 2 N–H and O–H groups in total. The van der Waals surface area contributed by atoms with Crippen LogP contribution in [-0.4, -0.2) is 27.5 Å². The SMILES string of the molecule is NCc1ncc(CN2CCCC2)n1Cc1ccc(-c2ccc(C(F)(F)F)cc2)cc1. The molecule has 3 aromatic rings. The summed E-state index contributed by atoms with van der Waals surface area (Å²) in [4.78, 5) is 6.92. The molecular weight excluding hydrogens is 389 g/mol. The number of nitrogens with zero attached hydrogens (tertiary/aromatic N) is 3. The van der Waals surface area contributed by atoms with Gasteiger partial charge in [0.2, 0.25) is 0 Å². The lowest BCUT2D eigenvalue weighted by Crippen LogP contribution is -2.21. The summed E-state index contributed by atoms with van der Waals surface area (Å²) in [6, 6.07) is 13.1. The molecule has 4 rings (SSSR count). The van der Waals surface area contributed by atoms with E-state index in [2.05, 4.69) is 14.5 Å². The molecule has 0 bridgehead atoms. The lowest BCUT2D eigenvalue weighted by molar-refractivity contribution is -0.137. The first-order valence-electron chi connectivity index (χ1n) is 10.2. The van der Waals surface area contributed by atoms with Crippen molar-refractivity contribution in [2.75, 3.05) is 13.1 Å². The monoisotopic (exact) mass is 414 g/mol. The summed E-state index contributed by atoms with van der Waals surface area (Å²) < 4.78 is 40.4. The van der Waals surface area contributed by atoms with Crippen molar-refractivity contribution in [3.8, 4) is 11.1 Å². The van der Waals surface area contributed by atoms with Crippen molar-refractivity contribution >= 4 is 0 Å². The number of hydrogen-bond donors (Lipinski definition) is 1. The largest absolute Gasteiger partial charge is 0.416 e. The molecule has 0 unspecified atom stereocenters. The van der Waals surface area contributed by atoms with Crippen molar-refractivity contribution < 1.29 is 13.2 Å². The first kappa shape index (κ1) is 20.6. The van der Waals surface area contributed by atoms with Gasteiger partial charge in [-0.25, -0.2) is 4.98 Å². The first-order chi connectivity index (χ1) is 14.4. The second kappa shape index (κ2) is 8.62. The number of aromatic nitrogens is 2. The summed E-state index contributed by atoms with van der Waals surface area (Å²) in [6.07, 6.45) is 0.0737. The van der Waals surface area contributed by atoms with Crippen LogP contribution < -0.4 is 5.73 Å². The van der Waals surface area contributed by atoms with Gasteiger partial charge in [0.15, 0.2) is 0 Å². The predicted octanol–water partition coefficient (Wildman–Crippen LogP) is 4.67. The zero-order chi connectivity index (χ0) is 21.1. The molecule has 1 aliphatic heterocycles. The molecular formula is C23H25F3N4. The minimum absolute atomic E-state index is 0.379. The van der Waals surface area contributed by atoms with E-state index in [1.165, 1.54) is 25.0 Å². The summed E-state index contributed by atoms with van der Waals surface area (Å²) in [5.41, 5.74) is 9.15. The summed E-state index contributed by atoms with van der Waals surface area (Å²) in [5, 5.41) is 0. The Kier molecular flexibility index (Phi) is 5.92. The molecule has 0 amide bonds. The predicted molar refractivity (Wildman–Crippen MR) is 111 cm³/mol. The number of imidazole rings is 1. The molecule has 1 saturated heterocycles. The molecule has 158 valence electrons. The van der Waals surface area contributed by atoms with Gasteiger partial charge in [-0.15, -0.1) is 0 Å². The molecule has 7 heteroatoms. The molecule has 0 saturated carbocycles. The third-order valence-electron chi connectivity index (χ3n) is 5.63. The Morgan fingerprint density at radius 2 is 1.47 bits per heavy atom. The zero-order valence-electron chi connectivity index (χ0n) is 16.7. The normalized spacial score (nSPS) is 15.1. The van der Waals surface area contributed by atoms with Crippen molar-refractivity contribution in [3.63, 3.8) is 0 Å². The van der Waals surface area contributed by atoms with Crippen LogP contribution in [-0.2, 0) is 25.8 Å². The minimum atomic E-state index is -4.32. The number of hydrogen-bond acceptors (Lipinski definition) is 3. The minimum Gasteiger partial charge on any atom is -0.325 e. The van der Waals surface area contributed by atoms with Crippen molar-refractivity contribution in [1.82, 2.24) is 14.5 Å². The molecule has 0 atom stereocenters. The van der Waals surface area contributed by atoms with Crippen LogP contribution in [0.3, 0.4) is 0 Å². The molecule has 30 heavy (non-hydrogen) atoms. The van der Waals surface area contributed by atoms with Gasteiger partial charge in [0.05, 0.1) is 17.8 Å². The van der Waals surface area contributed by atoms with Crippen LogP contribution in [0.4, 0.5) is 13.2 Å². The highest BCUT2D eigenvalue weighted by Crippen LogP contribution is 2.31. The average molecular weight is 414 g/mol. The number of benzene rings is 2. The van der Waals surface area contributed by atoms with E-state index in [-0.39, 0.29) is 0 Å². The summed E-state index contributed by atoms with van der Waals surface area (Å²) in [5.74, 6) is 0.857. The van der Waals surface area contributed by atoms with Crippen molar-refractivity contribution in [2.45, 2.75) is 38.7 Å². The van der Waals surface area contributed by atoms with Gasteiger partial charge < -0.3 is 10.3 Å². The van der Waals surface area contributed by atoms with Gasteiger partial charge in [0.1, 0.15) is 5.82 Å². The molecule has 0 radical (unpaired) electrons. The number of alkyl halides is 3. The molecule has 2 heterocycles. The summed E-state index contributed by atoms with van der Waals surface area (Å²) in [7, 11) is 0. The van der Waals surface area contributed by atoms with E-state index in [4.69, 9.17) is 5.73 Å². The second-order valence-corrected chi connectivity index (χ2v) is 7.71. The van der Waals surface area contributed by atoms with Gasteiger partial charge in [-0.05, 0) is 54.8 Å². The van der Waals surface area contributed by atoms with E-state index in [0.29, 0.717) is 13.1 Å². The molecule has 2 aromatic carbocycles. The zero-order valence-corrected chi connectivity index (χ0v) is 16.7. The Morgan fingerprint density at radius 1 is 0.867 bits per heavy atom. The van der Waals surface area contributed by atoms with E-state index in [1.54, 1.807) is 0 Å². The maximum absolute atomic E-state index is 12.8. The smallest absolute Gasteiger partial charge is 0.325 e. The Bertz CT molecular complexity index is 969. The van der Waals surface area contributed by atoms with Gasteiger partial charge in [0.25, 0.3) is 0 Å². The Labute approximate surface area is 174 Å². The van der Waals surface area contributed by atoms with Crippen LogP contribution in [0.5, 0.6) is 0 Å². The molecule has 1 aromatic heterocycles. The molecule has 1 aliphatic rings. The third kappa shape index (κ3) is 4.57. The summed E-state index contributed by atoms with van der Waals surface area (Å²) >= 11 is 0. The fraction of sp³-hybridized carbons (Fsp3) is 0.348. The summed E-state index contributed by atoms with van der Waals surface area (Å²) in [6.45, 7) is 4.15. The van der Waals surface area contributed by atoms with Crippen LogP contribution in [0, 0.1) is 0 Å². The van der Waals surface area contributed by atoms with Crippen molar-refractivity contribution in [1.29, 1.82) is 0 Å². The number of halogens is 3. The fourth-order valence-corrected chi connectivity index (χ4v) is 3.94. The Morgan fingerprint density at radius 3 is 2.03 bits per heavy atom. The third-order valence-corrected chi connectivity index (χ3v) is 5.63. The van der Waals surface area contributed by atoms with E-state index < -0.39 is 11.7 Å². The maximum atomic E-state index is 12.8. The standard InChI is InChI=1S/C23H25F3N4/c24-23(25,26)20-9-7-19(8-10-20)18-5-3-17(4-6-18)15-30-21(14-28-22(30)13-27)16-29-11-1-2-12-29/h3-10,14H,1-2,11-13,15-16,27H2. The van der Waals surface area contributed by atoms with Gasteiger partial charge in [-0.1, -0.05) is 36.4 Å². The van der Waals surface area contributed by atoms with E-state index >= 15 is 0 Å². The van der Waals surface area contributed by atoms with E-state index in [1.807, 2.05) is 30.5 Å². The fourth-order valence-electron chi connectivity index (χ4n) is 3.94. The van der Waals surface area contributed by atoms with Crippen molar-refractivity contribution in [2.24, 2.45) is 5.73 Å². The van der Waals surface area contributed by atoms with Gasteiger partial charge in [-0.2, -0.15) is 13.2 Å². The lowest BCUT2D eigenvalue weighted by Gasteiger charge is -2.17. The van der Waals surface area contributed by atoms with Crippen LogP contribution in [0.25, 0.3) is 11.1 Å². The Balaban J connectivity index is 1.50. The average Bonchev–Trinajstić information content (AvgIpc) is 3.39. The molecule has 4 nitrogen and oxygen atoms in total. The van der Waals surface area contributed by atoms with Gasteiger partial charge in [0, 0.05) is 19.3 Å². The van der Waals surface area contributed by atoms with Crippen LogP contribution >= 0.6 is 0 Å². The highest BCUT2D eigenvalue weighted by atomic mass is 19.4. The van der Waals surface area contributed by atoms with Crippen molar-refractivity contribution in [3.05, 3.63) is 77.4 Å². The van der Waals surface area contributed by atoms with Crippen LogP contribution in [0.2, 0.25) is 0 Å². The number of nitrogens with two attached hydrogens (primary N) is 1. The van der Waals surface area contributed by atoms with E-state index in [0.717, 1.165) is 60.0 Å². The molecule has 0 aliphatic carbocycles. The topological polar surface area (TPSA) is 47.1 Å². The number of likely N-dealkylation sites (tertiary alicyclic amines) is 1. The van der Waals surface area contributed by atoms with Crippen LogP contribution in [0.1, 0.15) is 35.5 Å².